The van der Waals surface area contributed by atoms with E-state index in [9.17, 15) is 0 Å². The Hall–Kier alpha value is -1.36. The average Bonchev–Trinajstić information content (AvgIpc) is 2.41. The summed E-state index contributed by atoms with van der Waals surface area (Å²) >= 11 is 0. The van der Waals surface area contributed by atoms with Crippen molar-refractivity contribution in [2.24, 2.45) is 5.92 Å². The van der Waals surface area contributed by atoms with Gasteiger partial charge in [-0.2, -0.15) is 4.98 Å². The lowest BCUT2D eigenvalue weighted by molar-refractivity contribution is 0.126. The van der Waals surface area contributed by atoms with E-state index in [0.717, 1.165) is 25.2 Å². The first-order valence-corrected chi connectivity index (χ1v) is 7.91. The number of anilines is 1. The lowest BCUT2D eigenvalue weighted by Crippen LogP contribution is -2.16. The second kappa shape index (κ2) is 9.55. The van der Waals surface area contributed by atoms with Crippen LogP contribution in [0.1, 0.15) is 53.3 Å². The van der Waals surface area contributed by atoms with Crippen molar-refractivity contribution in [1.29, 1.82) is 0 Å². The van der Waals surface area contributed by atoms with Crippen molar-refractivity contribution >= 4 is 5.82 Å². The van der Waals surface area contributed by atoms with Crippen LogP contribution in [0.4, 0.5) is 5.82 Å². The van der Waals surface area contributed by atoms with Crippen molar-refractivity contribution in [3.05, 3.63) is 11.9 Å². The van der Waals surface area contributed by atoms with Gasteiger partial charge in [-0.1, -0.05) is 20.8 Å². The first-order chi connectivity index (χ1) is 10.0. The number of nitrogens with zero attached hydrogens (tertiary/aromatic N) is 2. The maximum Gasteiger partial charge on any atom is 0.219 e. The summed E-state index contributed by atoms with van der Waals surface area (Å²) in [7, 11) is 0. The highest BCUT2D eigenvalue weighted by Gasteiger charge is 2.11. The zero-order chi connectivity index (χ0) is 15.7. The highest BCUT2D eigenvalue weighted by atomic mass is 16.5. The van der Waals surface area contributed by atoms with Gasteiger partial charge in [-0.3, -0.25) is 0 Å². The van der Waals surface area contributed by atoms with Gasteiger partial charge in [0.25, 0.3) is 0 Å². The minimum absolute atomic E-state index is 0.138. The van der Waals surface area contributed by atoms with Gasteiger partial charge in [0.15, 0.2) is 5.82 Å². The summed E-state index contributed by atoms with van der Waals surface area (Å²) in [4.78, 5) is 8.88. The topological polar surface area (TPSA) is 56.3 Å². The molecule has 1 unspecified atom stereocenters. The van der Waals surface area contributed by atoms with Crippen LogP contribution in [0.3, 0.4) is 0 Å². The third-order valence-electron chi connectivity index (χ3n) is 2.87. The van der Waals surface area contributed by atoms with Crippen molar-refractivity contribution in [2.45, 2.75) is 60.2 Å². The molecule has 0 aliphatic heterocycles. The van der Waals surface area contributed by atoms with Gasteiger partial charge in [0, 0.05) is 19.2 Å². The Kier molecular flexibility index (Phi) is 8.05. The van der Waals surface area contributed by atoms with E-state index in [1.54, 1.807) is 0 Å². The standard InChI is InChI=1S/C16H29N3O2/c1-6-8-17-14-10-16(21-13(5)9-12(3)4)19-15(18-14)11-20-7-2/h10,12-13H,6-9,11H2,1-5H3,(H,17,18,19). The molecule has 0 fully saturated rings. The third-order valence-corrected chi connectivity index (χ3v) is 2.87. The summed E-state index contributed by atoms with van der Waals surface area (Å²) in [6.45, 7) is 12.5. The highest BCUT2D eigenvalue weighted by Crippen LogP contribution is 2.18. The molecule has 0 saturated carbocycles. The summed E-state index contributed by atoms with van der Waals surface area (Å²) in [6.07, 6.45) is 2.19. The molecular formula is C16H29N3O2. The predicted octanol–water partition coefficient (Wildman–Crippen LogP) is 3.65. The van der Waals surface area contributed by atoms with Gasteiger partial charge in [-0.25, -0.2) is 4.98 Å². The van der Waals surface area contributed by atoms with Crippen LogP contribution in [0, 0.1) is 5.92 Å². The van der Waals surface area contributed by atoms with E-state index in [1.807, 2.05) is 13.0 Å². The number of rotatable bonds is 10. The van der Waals surface area contributed by atoms with Gasteiger partial charge in [0.2, 0.25) is 5.88 Å². The second-order valence-corrected chi connectivity index (χ2v) is 5.63. The van der Waals surface area contributed by atoms with Gasteiger partial charge in [0.05, 0.1) is 6.10 Å². The van der Waals surface area contributed by atoms with Crippen molar-refractivity contribution in [3.8, 4) is 5.88 Å². The Morgan fingerprint density at radius 1 is 1.19 bits per heavy atom. The van der Waals surface area contributed by atoms with Crippen molar-refractivity contribution in [1.82, 2.24) is 9.97 Å². The van der Waals surface area contributed by atoms with Crippen LogP contribution in [0.25, 0.3) is 0 Å². The summed E-state index contributed by atoms with van der Waals surface area (Å²) in [5, 5.41) is 3.28. The molecule has 0 radical (unpaired) electrons. The van der Waals surface area contributed by atoms with Crippen LogP contribution in [-0.2, 0) is 11.3 Å². The monoisotopic (exact) mass is 295 g/mol. The first kappa shape index (κ1) is 17.7. The lowest BCUT2D eigenvalue weighted by Gasteiger charge is -2.17. The van der Waals surface area contributed by atoms with Crippen molar-refractivity contribution in [3.63, 3.8) is 0 Å². The zero-order valence-electron chi connectivity index (χ0n) is 14.0. The normalized spacial score (nSPS) is 12.5. The largest absolute Gasteiger partial charge is 0.474 e. The van der Waals surface area contributed by atoms with Gasteiger partial charge < -0.3 is 14.8 Å². The molecule has 21 heavy (non-hydrogen) atoms. The fraction of sp³-hybridized carbons (Fsp3) is 0.750. The summed E-state index contributed by atoms with van der Waals surface area (Å²) in [6, 6.07) is 1.86. The van der Waals surface area contributed by atoms with E-state index in [0.29, 0.717) is 30.8 Å². The summed E-state index contributed by atoms with van der Waals surface area (Å²) < 4.78 is 11.3. The number of hydrogen-bond donors (Lipinski definition) is 1. The molecule has 1 aromatic rings. The molecule has 5 heteroatoms. The molecule has 0 saturated heterocycles. The van der Waals surface area contributed by atoms with Crippen molar-refractivity contribution in [2.75, 3.05) is 18.5 Å². The van der Waals surface area contributed by atoms with Gasteiger partial charge in [-0.15, -0.1) is 0 Å². The van der Waals surface area contributed by atoms with Crippen LogP contribution >= 0.6 is 0 Å². The van der Waals surface area contributed by atoms with Crippen LogP contribution in [-0.4, -0.2) is 29.2 Å². The molecule has 120 valence electrons. The smallest absolute Gasteiger partial charge is 0.219 e. The van der Waals surface area contributed by atoms with E-state index >= 15 is 0 Å². The molecule has 1 aromatic heterocycles. The maximum atomic E-state index is 5.92. The Labute approximate surface area is 128 Å². The first-order valence-electron chi connectivity index (χ1n) is 7.91. The van der Waals surface area contributed by atoms with E-state index in [2.05, 4.69) is 43.0 Å². The van der Waals surface area contributed by atoms with Gasteiger partial charge in [-0.05, 0) is 32.6 Å². The van der Waals surface area contributed by atoms with E-state index in [4.69, 9.17) is 9.47 Å². The predicted molar refractivity (Wildman–Crippen MR) is 85.7 cm³/mol. The second-order valence-electron chi connectivity index (χ2n) is 5.63. The molecule has 0 bridgehead atoms. The molecule has 0 aromatic carbocycles. The van der Waals surface area contributed by atoms with Crippen LogP contribution < -0.4 is 10.1 Å². The fourth-order valence-corrected chi connectivity index (χ4v) is 2.05. The number of aromatic nitrogens is 2. The van der Waals surface area contributed by atoms with E-state index < -0.39 is 0 Å². The molecule has 0 aliphatic carbocycles. The van der Waals surface area contributed by atoms with E-state index in [-0.39, 0.29) is 6.10 Å². The third kappa shape index (κ3) is 7.27. The molecule has 1 atom stereocenters. The van der Waals surface area contributed by atoms with Crippen LogP contribution in [0.15, 0.2) is 6.07 Å². The lowest BCUT2D eigenvalue weighted by atomic mass is 10.1. The highest BCUT2D eigenvalue weighted by molar-refractivity contribution is 5.38. The summed E-state index contributed by atoms with van der Waals surface area (Å²) in [5.74, 6) is 2.67. The Morgan fingerprint density at radius 3 is 2.57 bits per heavy atom. The Balaban J connectivity index is 2.79. The quantitative estimate of drug-likeness (QED) is 0.714. The number of ether oxygens (including phenoxy) is 2. The van der Waals surface area contributed by atoms with E-state index in [1.165, 1.54) is 0 Å². The molecular weight excluding hydrogens is 266 g/mol. The van der Waals surface area contributed by atoms with Gasteiger partial charge >= 0.3 is 0 Å². The average molecular weight is 295 g/mol. The zero-order valence-corrected chi connectivity index (χ0v) is 14.0. The minimum Gasteiger partial charge on any atom is -0.474 e. The fourth-order valence-electron chi connectivity index (χ4n) is 2.05. The summed E-state index contributed by atoms with van der Waals surface area (Å²) in [5.41, 5.74) is 0. The van der Waals surface area contributed by atoms with Crippen molar-refractivity contribution < 1.29 is 9.47 Å². The molecule has 1 rings (SSSR count). The Bertz CT molecular complexity index is 384. The van der Waals surface area contributed by atoms with Gasteiger partial charge in [0.1, 0.15) is 12.4 Å². The molecule has 0 amide bonds. The Morgan fingerprint density at radius 2 is 1.95 bits per heavy atom. The number of hydrogen-bond acceptors (Lipinski definition) is 5. The maximum absolute atomic E-state index is 5.92. The molecule has 1 heterocycles. The SMILES string of the molecule is CCCNc1cc(OC(C)CC(C)C)nc(COCC)n1. The van der Waals surface area contributed by atoms with Crippen LogP contribution in [0.2, 0.25) is 0 Å². The minimum atomic E-state index is 0.138. The number of nitrogens with one attached hydrogen (secondary N) is 1. The molecule has 0 aliphatic rings. The molecule has 5 nitrogen and oxygen atoms in total. The van der Waals surface area contributed by atoms with Crippen LogP contribution in [0.5, 0.6) is 5.88 Å². The molecule has 1 N–H and O–H groups in total. The molecule has 0 spiro atoms.